The van der Waals surface area contributed by atoms with Gasteiger partial charge in [0.25, 0.3) is 5.91 Å². The molecule has 0 atom stereocenters. The Morgan fingerprint density at radius 3 is 2.88 bits per heavy atom. The van der Waals surface area contributed by atoms with E-state index in [1.54, 1.807) is 0 Å². The van der Waals surface area contributed by atoms with Gasteiger partial charge in [0.1, 0.15) is 0 Å². The second-order valence-corrected chi connectivity index (χ2v) is 7.10. The van der Waals surface area contributed by atoms with Gasteiger partial charge in [-0.2, -0.15) is 0 Å². The van der Waals surface area contributed by atoms with E-state index in [0.29, 0.717) is 23.4 Å². The van der Waals surface area contributed by atoms with Gasteiger partial charge in [-0.05, 0) is 54.8 Å². The number of nitrogens with one attached hydrogen (secondary N) is 1. The summed E-state index contributed by atoms with van der Waals surface area (Å²) in [6.45, 7) is 0.634. The van der Waals surface area contributed by atoms with E-state index in [9.17, 15) is 4.79 Å². The molecule has 5 nitrogen and oxygen atoms in total. The average molecular weight is 357 g/mol. The maximum absolute atomic E-state index is 13.3. The molecule has 1 amide bonds. The Morgan fingerprint density at radius 1 is 1.36 bits per heavy atom. The Balaban J connectivity index is 1.66. The molecule has 4 rings (SSSR count). The van der Waals surface area contributed by atoms with E-state index < -0.39 is 0 Å². The molecular weight excluding hydrogens is 336 g/mol. The van der Waals surface area contributed by atoms with Crippen LogP contribution < -0.4 is 0 Å². The number of hydrogen-bond acceptors (Lipinski definition) is 2. The number of carbonyl (C=O) groups excluding carboxylic acids is 1. The molecule has 3 aromatic rings. The number of fused-ring (bicyclic) bond motifs is 1. The number of imidazole rings is 1. The maximum Gasteiger partial charge on any atom is 0.254 e. The molecule has 1 aromatic carbocycles. The molecule has 1 aliphatic rings. The summed E-state index contributed by atoms with van der Waals surface area (Å²) < 4.78 is 2.08. The number of carbonyl (C=O) groups is 1. The van der Waals surface area contributed by atoms with Crippen LogP contribution in [0.15, 0.2) is 36.5 Å². The Hall–Kier alpha value is -2.27. The topological polar surface area (TPSA) is 53.9 Å². The molecule has 0 unspecified atom stereocenters. The molecule has 0 saturated heterocycles. The molecule has 2 heterocycles. The number of benzene rings is 1. The molecule has 0 bridgehead atoms. The SMILES string of the molecule is Cn1cccc1CN(C(=O)c1ccc2nc(Cl)[nH]c2c1)C1CCCC1. The number of halogens is 1. The first-order valence-electron chi connectivity index (χ1n) is 8.68. The molecule has 0 aliphatic heterocycles. The number of nitrogens with zero attached hydrogens (tertiary/aromatic N) is 3. The summed E-state index contributed by atoms with van der Waals surface area (Å²) in [5.41, 5.74) is 3.39. The van der Waals surface area contributed by atoms with Crippen LogP contribution in [0.5, 0.6) is 0 Å². The summed E-state index contributed by atoms with van der Waals surface area (Å²) in [6.07, 6.45) is 6.56. The molecule has 130 valence electrons. The monoisotopic (exact) mass is 356 g/mol. The number of H-pyrrole nitrogens is 1. The number of rotatable bonds is 4. The lowest BCUT2D eigenvalue weighted by molar-refractivity contribution is 0.0660. The number of aryl methyl sites for hydroxylation is 1. The zero-order valence-electron chi connectivity index (χ0n) is 14.2. The normalized spacial score (nSPS) is 15.1. The van der Waals surface area contributed by atoms with Crippen molar-refractivity contribution in [3.8, 4) is 0 Å². The Morgan fingerprint density at radius 2 is 2.16 bits per heavy atom. The van der Waals surface area contributed by atoms with Crippen LogP contribution in [0.1, 0.15) is 41.7 Å². The van der Waals surface area contributed by atoms with Crippen molar-refractivity contribution < 1.29 is 4.79 Å². The number of amides is 1. The Kier molecular flexibility index (Phi) is 4.25. The predicted octanol–water partition coefficient (Wildman–Crippen LogP) is 4.14. The van der Waals surface area contributed by atoms with Crippen LogP contribution in [-0.2, 0) is 13.6 Å². The van der Waals surface area contributed by atoms with Gasteiger partial charge in [0.15, 0.2) is 0 Å². The highest BCUT2D eigenvalue weighted by molar-refractivity contribution is 6.29. The van der Waals surface area contributed by atoms with Crippen LogP contribution in [0.3, 0.4) is 0 Å². The number of aromatic nitrogens is 3. The highest BCUT2D eigenvalue weighted by Crippen LogP contribution is 2.27. The molecule has 1 saturated carbocycles. The zero-order chi connectivity index (χ0) is 17.4. The van der Waals surface area contributed by atoms with Crippen LogP contribution in [0.2, 0.25) is 5.28 Å². The first-order valence-corrected chi connectivity index (χ1v) is 9.06. The molecular formula is C19H21ClN4O. The van der Waals surface area contributed by atoms with Crippen LogP contribution in [0, 0.1) is 0 Å². The minimum atomic E-state index is 0.0701. The van der Waals surface area contributed by atoms with Gasteiger partial charge in [0.05, 0.1) is 17.6 Å². The number of hydrogen-bond donors (Lipinski definition) is 1. The smallest absolute Gasteiger partial charge is 0.254 e. The zero-order valence-corrected chi connectivity index (χ0v) is 15.0. The third-order valence-corrected chi connectivity index (χ3v) is 5.29. The fourth-order valence-corrected chi connectivity index (χ4v) is 3.89. The second kappa shape index (κ2) is 6.56. The van der Waals surface area contributed by atoms with E-state index in [1.807, 2.05) is 42.4 Å². The minimum Gasteiger partial charge on any atom is -0.353 e. The molecule has 1 aliphatic carbocycles. The fourth-order valence-electron chi connectivity index (χ4n) is 3.70. The summed E-state index contributed by atoms with van der Waals surface area (Å²) in [5.74, 6) is 0.0701. The van der Waals surface area contributed by atoms with Gasteiger partial charge in [0, 0.05) is 30.5 Å². The van der Waals surface area contributed by atoms with Crippen molar-refractivity contribution in [1.82, 2.24) is 19.4 Å². The van der Waals surface area contributed by atoms with Crippen LogP contribution in [0.25, 0.3) is 11.0 Å². The summed E-state index contributed by atoms with van der Waals surface area (Å²) in [7, 11) is 2.02. The molecule has 6 heteroatoms. The van der Waals surface area contributed by atoms with E-state index in [2.05, 4.69) is 20.6 Å². The van der Waals surface area contributed by atoms with Crippen molar-refractivity contribution in [2.45, 2.75) is 38.3 Å². The highest BCUT2D eigenvalue weighted by atomic mass is 35.5. The van der Waals surface area contributed by atoms with Gasteiger partial charge in [-0.25, -0.2) is 4.98 Å². The number of aromatic amines is 1. The first-order chi connectivity index (χ1) is 12.1. The lowest BCUT2D eigenvalue weighted by Gasteiger charge is -2.29. The van der Waals surface area contributed by atoms with Crippen molar-refractivity contribution in [2.24, 2.45) is 7.05 Å². The quantitative estimate of drug-likeness (QED) is 0.763. The van der Waals surface area contributed by atoms with E-state index in [1.165, 1.54) is 12.8 Å². The largest absolute Gasteiger partial charge is 0.353 e. The first kappa shape index (κ1) is 16.2. The van der Waals surface area contributed by atoms with Gasteiger partial charge in [-0.1, -0.05) is 12.8 Å². The van der Waals surface area contributed by atoms with E-state index >= 15 is 0 Å². The molecule has 1 N–H and O–H groups in total. The van der Waals surface area contributed by atoms with Gasteiger partial charge < -0.3 is 14.5 Å². The molecule has 1 fully saturated rings. The summed E-state index contributed by atoms with van der Waals surface area (Å²) >= 11 is 5.93. The Bertz CT molecular complexity index is 907. The van der Waals surface area contributed by atoms with Gasteiger partial charge in [-0.3, -0.25) is 4.79 Å². The van der Waals surface area contributed by atoms with Gasteiger partial charge >= 0.3 is 0 Å². The molecule has 25 heavy (non-hydrogen) atoms. The lowest BCUT2D eigenvalue weighted by atomic mass is 10.1. The summed E-state index contributed by atoms with van der Waals surface area (Å²) in [6, 6.07) is 9.94. The minimum absolute atomic E-state index is 0.0701. The van der Waals surface area contributed by atoms with Gasteiger partial charge in [0.2, 0.25) is 5.28 Å². The third-order valence-electron chi connectivity index (χ3n) is 5.11. The van der Waals surface area contributed by atoms with E-state index in [4.69, 9.17) is 11.6 Å². The molecule has 2 aromatic heterocycles. The van der Waals surface area contributed by atoms with E-state index in [0.717, 1.165) is 29.6 Å². The Labute approximate surface area is 151 Å². The average Bonchev–Trinajstić information content (AvgIpc) is 3.32. The van der Waals surface area contributed by atoms with Gasteiger partial charge in [-0.15, -0.1) is 0 Å². The van der Waals surface area contributed by atoms with Crippen molar-refractivity contribution in [1.29, 1.82) is 0 Å². The van der Waals surface area contributed by atoms with Crippen molar-refractivity contribution >= 4 is 28.5 Å². The maximum atomic E-state index is 13.3. The summed E-state index contributed by atoms with van der Waals surface area (Å²) in [5, 5.41) is 0.344. The van der Waals surface area contributed by atoms with Crippen LogP contribution in [0.4, 0.5) is 0 Å². The van der Waals surface area contributed by atoms with Crippen molar-refractivity contribution in [3.63, 3.8) is 0 Å². The lowest BCUT2D eigenvalue weighted by Crippen LogP contribution is -2.38. The third kappa shape index (κ3) is 3.16. The molecule has 0 spiro atoms. The molecule has 0 radical (unpaired) electrons. The predicted molar refractivity (Wildman–Crippen MR) is 98.6 cm³/mol. The van der Waals surface area contributed by atoms with Crippen LogP contribution >= 0.6 is 11.6 Å². The highest BCUT2D eigenvalue weighted by Gasteiger charge is 2.28. The fraction of sp³-hybridized carbons (Fsp3) is 0.368. The van der Waals surface area contributed by atoms with E-state index in [-0.39, 0.29) is 5.91 Å². The van der Waals surface area contributed by atoms with Crippen molar-refractivity contribution in [3.05, 3.63) is 53.1 Å². The standard InChI is InChI=1S/C19H21ClN4O/c1-23-10-4-7-15(23)12-24(14-5-2-3-6-14)18(25)13-8-9-16-17(11-13)22-19(20)21-16/h4,7-11,14H,2-3,5-6,12H2,1H3,(H,21,22). The summed E-state index contributed by atoms with van der Waals surface area (Å²) in [4.78, 5) is 22.5. The second-order valence-electron chi connectivity index (χ2n) is 6.74. The van der Waals surface area contributed by atoms with Crippen molar-refractivity contribution in [2.75, 3.05) is 0 Å². The van der Waals surface area contributed by atoms with Crippen LogP contribution in [-0.4, -0.2) is 31.4 Å².